The summed E-state index contributed by atoms with van der Waals surface area (Å²) < 4.78 is 0. The molecule has 0 fully saturated rings. The average Bonchev–Trinajstić information content (AvgIpc) is 3.17. The van der Waals surface area contributed by atoms with Crippen molar-refractivity contribution in [3.05, 3.63) is 176 Å². The topological polar surface area (TPSA) is 38.7 Å². The number of pyridine rings is 1. The van der Waals surface area contributed by atoms with Gasteiger partial charge < -0.3 is 0 Å². The first-order chi connectivity index (χ1) is 23.8. The van der Waals surface area contributed by atoms with E-state index in [0.29, 0.717) is 5.82 Å². The molecule has 9 rings (SSSR count). The van der Waals surface area contributed by atoms with Gasteiger partial charge in [-0.1, -0.05) is 133 Å². The fourth-order valence-corrected chi connectivity index (χ4v) is 6.80. The van der Waals surface area contributed by atoms with Crippen molar-refractivity contribution in [2.75, 3.05) is 0 Å². The van der Waals surface area contributed by atoms with E-state index in [0.717, 1.165) is 39.2 Å². The van der Waals surface area contributed by atoms with Crippen LogP contribution in [0.2, 0.25) is 0 Å². The maximum atomic E-state index is 5.15. The lowest BCUT2D eigenvalue weighted by atomic mass is 9.89. The van der Waals surface area contributed by atoms with Crippen LogP contribution >= 0.6 is 0 Å². The summed E-state index contributed by atoms with van der Waals surface area (Å²) in [7, 11) is 0. The largest absolute Gasteiger partial charge is 0.265 e. The summed E-state index contributed by atoms with van der Waals surface area (Å²) in [5.41, 5.74) is 9.48. The van der Waals surface area contributed by atoms with Crippen LogP contribution in [-0.4, -0.2) is 15.0 Å². The highest BCUT2D eigenvalue weighted by Gasteiger charge is 2.15. The lowest BCUT2D eigenvalue weighted by Crippen LogP contribution is -1.96. The van der Waals surface area contributed by atoms with Crippen LogP contribution in [0.15, 0.2) is 176 Å². The van der Waals surface area contributed by atoms with Gasteiger partial charge in [-0.3, -0.25) is 4.98 Å². The molecule has 224 valence electrons. The number of hydrogen-bond donors (Lipinski definition) is 0. The van der Waals surface area contributed by atoms with Crippen molar-refractivity contribution in [3.8, 4) is 56.2 Å². The first-order valence-corrected chi connectivity index (χ1v) is 16.2. The van der Waals surface area contributed by atoms with Gasteiger partial charge in [0.05, 0.1) is 11.4 Å². The minimum absolute atomic E-state index is 0.693. The molecule has 3 heteroatoms. The molecule has 0 bridgehead atoms. The molecule has 2 heterocycles. The van der Waals surface area contributed by atoms with Crippen LogP contribution in [0.5, 0.6) is 0 Å². The van der Waals surface area contributed by atoms with Crippen LogP contribution in [0.4, 0.5) is 0 Å². The average molecular weight is 612 g/mol. The summed E-state index contributed by atoms with van der Waals surface area (Å²) in [5, 5.41) is 7.54. The third kappa shape index (κ3) is 4.99. The van der Waals surface area contributed by atoms with E-state index >= 15 is 0 Å². The SMILES string of the molecule is c1ccc(-c2cc(-c3ccc(-c4c5ccccc5cc5c4ccc4ccccc45)cc3)nc(-c3cccc(-c4ccncc4)c3)n2)cc1. The Hall–Kier alpha value is -6.45. The molecule has 0 radical (unpaired) electrons. The molecule has 0 unspecified atom stereocenters. The smallest absolute Gasteiger partial charge is 0.160 e. The highest BCUT2D eigenvalue weighted by Crippen LogP contribution is 2.40. The van der Waals surface area contributed by atoms with Gasteiger partial charge in [0, 0.05) is 29.1 Å². The van der Waals surface area contributed by atoms with Crippen molar-refractivity contribution in [1.82, 2.24) is 15.0 Å². The summed E-state index contributed by atoms with van der Waals surface area (Å²) in [6.45, 7) is 0. The molecule has 0 atom stereocenters. The Kier molecular flexibility index (Phi) is 6.80. The van der Waals surface area contributed by atoms with E-state index in [1.807, 2.05) is 42.7 Å². The number of nitrogens with zero attached hydrogens (tertiary/aromatic N) is 3. The van der Waals surface area contributed by atoms with E-state index in [4.69, 9.17) is 9.97 Å². The Labute approximate surface area is 278 Å². The second-order valence-corrected chi connectivity index (χ2v) is 12.1. The minimum Gasteiger partial charge on any atom is -0.265 e. The standard InChI is InChI=1S/C45H29N3/c1-2-10-32(11-3-1)42-29-43(48-45(47-42)37-14-8-13-35(27-37)30-23-25-46-26-24-30)33-17-19-34(20-18-33)44-39-16-7-5-12-36(39)28-41-38-15-6-4-9-31(38)21-22-40(41)44/h1-29H. The van der Waals surface area contributed by atoms with Crippen molar-refractivity contribution in [3.63, 3.8) is 0 Å². The van der Waals surface area contributed by atoms with Gasteiger partial charge in [-0.05, 0) is 84.9 Å². The molecule has 3 nitrogen and oxygen atoms in total. The van der Waals surface area contributed by atoms with Gasteiger partial charge in [-0.25, -0.2) is 9.97 Å². The fourth-order valence-electron chi connectivity index (χ4n) is 6.80. The van der Waals surface area contributed by atoms with E-state index in [-0.39, 0.29) is 0 Å². The molecule has 0 amide bonds. The van der Waals surface area contributed by atoms with Crippen molar-refractivity contribution in [1.29, 1.82) is 0 Å². The molecule has 0 aliphatic heterocycles. The van der Waals surface area contributed by atoms with Crippen LogP contribution in [-0.2, 0) is 0 Å². The minimum atomic E-state index is 0.693. The molecule has 48 heavy (non-hydrogen) atoms. The van der Waals surface area contributed by atoms with E-state index in [1.54, 1.807) is 0 Å². The third-order valence-electron chi connectivity index (χ3n) is 9.17. The Morgan fingerprint density at radius 3 is 1.73 bits per heavy atom. The maximum absolute atomic E-state index is 5.15. The predicted molar refractivity (Wildman–Crippen MR) is 200 cm³/mol. The first kappa shape index (κ1) is 27.8. The zero-order valence-corrected chi connectivity index (χ0v) is 26.1. The summed E-state index contributed by atoms with van der Waals surface area (Å²) in [6, 6.07) is 57.9. The zero-order chi connectivity index (χ0) is 31.9. The molecule has 0 saturated carbocycles. The molecule has 0 aliphatic rings. The van der Waals surface area contributed by atoms with Crippen molar-refractivity contribution >= 4 is 32.3 Å². The van der Waals surface area contributed by atoms with Crippen molar-refractivity contribution in [2.24, 2.45) is 0 Å². The van der Waals surface area contributed by atoms with Gasteiger partial charge in [0.1, 0.15) is 0 Å². The molecular formula is C45H29N3. The molecule has 0 spiro atoms. The van der Waals surface area contributed by atoms with Crippen molar-refractivity contribution < 1.29 is 0 Å². The number of rotatable bonds is 5. The van der Waals surface area contributed by atoms with Crippen LogP contribution in [0.1, 0.15) is 0 Å². The lowest BCUT2D eigenvalue weighted by molar-refractivity contribution is 1.18. The van der Waals surface area contributed by atoms with Gasteiger partial charge in [-0.2, -0.15) is 0 Å². The summed E-state index contributed by atoms with van der Waals surface area (Å²) in [5.74, 6) is 0.693. The predicted octanol–water partition coefficient (Wildman–Crippen LogP) is 11.7. The highest BCUT2D eigenvalue weighted by molar-refractivity contribution is 6.20. The Bertz CT molecular complexity index is 2590. The van der Waals surface area contributed by atoms with Crippen LogP contribution in [0, 0.1) is 0 Å². The molecule has 9 aromatic rings. The highest BCUT2D eigenvalue weighted by atomic mass is 14.9. The van der Waals surface area contributed by atoms with E-state index in [1.165, 1.54) is 43.4 Å². The molecule has 0 N–H and O–H groups in total. The van der Waals surface area contributed by atoms with Gasteiger partial charge >= 0.3 is 0 Å². The Morgan fingerprint density at radius 1 is 0.312 bits per heavy atom. The molecule has 0 saturated heterocycles. The first-order valence-electron chi connectivity index (χ1n) is 16.2. The van der Waals surface area contributed by atoms with Crippen LogP contribution in [0.3, 0.4) is 0 Å². The Morgan fingerprint density at radius 2 is 0.938 bits per heavy atom. The molecule has 2 aromatic heterocycles. The van der Waals surface area contributed by atoms with Crippen LogP contribution < -0.4 is 0 Å². The van der Waals surface area contributed by atoms with Gasteiger partial charge in [-0.15, -0.1) is 0 Å². The Balaban J connectivity index is 1.19. The monoisotopic (exact) mass is 611 g/mol. The summed E-state index contributed by atoms with van der Waals surface area (Å²) in [4.78, 5) is 14.4. The lowest BCUT2D eigenvalue weighted by Gasteiger charge is -2.15. The number of fused-ring (bicyclic) bond motifs is 4. The van der Waals surface area contributed by atoms with E-state index in [2.05, 4.69) is 138 Å². The summed E-state index contributed by atoms with van der Waals surface area (Å²) in [6.07, 6.45) is 3.64. The van der Waals surface area contributed by atoms with Gasteiger partial charge in [0.15, 0.2) is 5.82 Å². The second kappa shape index (κ2) is 11.7. The molecule has 7 aromatic carbocycles. The third-order valence-corrected chi connectivity index (χ3v) is 9.17. The molecule has 0 aliphatic carbocycles. The maximum Gasteiger partial charge on any atom is 0.160 e. The molecular weight excluding hydrogens is 583 g/mol. The van der Waals surface area contributed by atoms with Gasteiger partial charge in [0.2, 0.25) is 0 Å². The zero-order valence-electron chi connectivity index (χ0n) is 26.1. The fraction of sp³-hybridized carbons (Fsp3) is 0. The van der Waals surface area contributed by atoms with Crippen molar-refractivity contribution in [2.45, 2.75) is 0 Å². The second-order valence-electron chi connectivity index (χ2n) is 12.1. The number of hydrogen-bond acceptors (Lipinski definition) is 3. The number of aromatic nitrogens is 3. The number of benzene rings is 7. The summed E-state index contributed by atoms with van der Waals surface area (Å²) >= 11 is 0. The van der Waals surface area contributed by atoms with E-state index in [9.17, 15) is 0 Å². The normalized spacial score (nSPS) is 11.3. The van der Waals surface area contributed by atoms with Crippen LogP contribution in [0.25, 0.3) is 88.5 Å². The quantitative estimate of drug-likeness (QED) is 0.144. The van der Waals surface area contributed by atoms with E-state index < -0.39 is 0 Å². The van der Waals surface area contributed by atoms with Gasteiger partial charge in [0.25, 0.3) is 0 Å².